The highest BCUT2D eigenvalue weighted by Crippen LogP contribution is 2.16. The van der Waals surface area contributed by atoms with Crippen molar-refractivity contribution in [3.05, 3.63) is 60.2 Å². The predicted molar refractivity (Wildman–Crippen MR) is 85.4 cm³/mol. The molecule has 0 atom stereocenters. The summed E-state index contributed by atoms with van der Waals surface area (Å²) >= 11 is 0. The highest BCUT2D eigenvalue weighted by atomic mass is 16.5. The number of primary amides is 1. The molecule has 0 aromatic heterocycles. The van der Waals surface area contributed by atoms with Gasteiger partial charge in [-0.3, -0.25) is 9.59 Å². The van der Waals surface area contributed by atoms with Gasteiger partial charge in [-0.05, 0) is 24.3 Å². The summed E-state index contributed by atoms with van der Waals surface area (Å²) in [7, 11) is 0. The van der Waals surface area contributed by atoms with Crippen molar-refractivity contribution < 1.29 is 19.1 Å². The van der Waals surface area contributed by atoms with Crippen LogP contribution in [0, 0.1) is 0 Å². The SMILES string of the molecule is NC(=O)c1ccccc1OCC(=O)NCCOc1ccccc1. The first-order valence-electron chi connectivity index (χ1n) is 7.13. The van der Waals surface area contributed by atoms with Crippen molar-refractivity contribution in [3.63, 3.8) is 0 Å². The van der Waals surface area contributed by atoms with Gasteiger partial charge in [0.1, 0.15) is 18.1 Å². The Morgan fingerprint density at radius 1 is 0.957 bits per heavy atom. The van der Waals surface area contributed by atoms with Crippen LogP contribution in [0.3, 0.4) is 0 Å². The first kappa shape index (κ1) is 16.4. The van der Waals surface area contributed by atoms with Crippen LogP contribution in [0.5, 0.6) is 11.5 Å². The summed E-state index contributed by atoms with van der Waals surface area (Å²) in [6, 6.07) is 15.8. The summed E-state index contributed by atoms with van der Waals surface area (Å²) in [6.45, 7) is 0.512. The molecule has 0 heterocycles. The molecule has 0 aliphatic carbocycles. The molecule has 6 heteroatoms. The summed E-state index contributed by atoms with van der Waals surface area (Å²) in [5.41, 5.74) is 5.48. The maximum absolute atomic E-state index is 11.7. The molecule has 2 aromatic rings. The Labute approximate surface area is 134 Å². The van der Waals surface area contributed by atoms with E-state index in [1.54, 1.807) is 24.3 Å². The van der Waals surface area contributed by atoms with E-state index in [-0.39, 0.29) is 23.8 Å². The van der Waals surface area contributed by atoms with E-state index in [4.69, 9.17) is 15.2 Å². The van der Waals surface area contributed by atoms with Crippen LogP contribution < -0.4 is 20.5 Å². The Kier molecular flexibility index (Phi) is 5.99. The number of benzene rings is 2. The summed E-state index contributed by atoms with van der Waals surface area (Å²) in [6.07, 6.45) is 0. The molecule has 0 bridgehead atoms. The van der Waals surface area contributed by atoms with Gasteiger partial charge in [-0.2, -0.15) is 0 Å². The third kappa shape index (κ3) is 5.35. The lowest BCUT2D eigenvalue weighted by molar-refractivity contribution is -0.123. The molecule has 2 rings (SSSR count). The molecule has 3 N–H and O–H groups in total. The van der Waals surface area contributed by atoms with E-state index < -0.39 is 5.91 Å². The van der Waals surface area contributed by atoms with Crippen molar-refractivity contribution in [1.82, 2.24) is 5.32 Å². The number of para-hydroxylation sites is 2. The minimum Gasteiger partial charge on any atom is -0.492 e. The monoisotopic (exact) mass is 314 g/mol. The molecule has 0 saturated carbocycles. The molecule has 6 nitrogen and oxygen atoms in total. The highest BCUT2D eigenvalue weighted by molar-refractivity contribution is 5.95. The van der Waals surface area contributed by atoms with Crippen LogP contribution in [-0.2, 0) is 4.79 Å². The van der Waals surface area contributed by atoms with E-state index >= 15 is 0 Å². The number of rotatable bonds is 8. The summed E-state index contributed by atoms with van der Waals surface area (Å²) in [5, 5.41) is 2.67. The molecule has 0 unspecified atom stereocenters. The minimum absolute atomic E-state index is 0.199. The zero-order chi connectivity index (χ0) is 16.5. The average molecular weight is 314 g/mol. The Morgan fingerprint density at radius 2 is 1.65 bits per heavy atom. The third-order valence-electron chi connectivity index (χ3n) is 2.95. The quantitative estimate of drug-likeness (QED) is 0.720. The largest absolute Gasteiger partial charge is 0.492 e. The van der Waals surface area contributed by atoms with E-state index in [1.807, 2.05) is 30.3 Å². The summed E-state index contributed by atoms with van der Waals surface area (Å²) in [4.78, 5) is 22.9. The third-order valence-corrected chi connectivity index (χ3v) is 2.95. The minimum atomic E-state index is -0.600. The molecule has 0 saturated heterocycles. The molecule has 23 heavy (non-hydrogen) atoms. The Bertz CT molecular complexity index is 659. The maximum Gasteiger partial charge on any atom is 0.258 e. The number of amides is 2. The Balaban J connectivity index is 1.70. The van der Waals surface area contributed by atoms with Crippen LogP contribution in [-0.4, -0.2) is 31.6 Å². The van der Waals surface area contributed by atoms with Crippen LogP contribution >= 0.6 is 0 Å². The maximum atomic E-state index is 11.7. The van der Waals surface area contributed by atoms with Gasteiger partial charge in [0.05, 0.1) is 12.1 Å². The lowest BCUT2D eigenvalue weighted by Gasteiger charge is -2.10. The van der Waals surface area contributed by atoms with Crippen LogP contribution in [0.2, 0.25) is 0 Å². The fraction of sp³-hybridized carbons (Fsp3) is 0.176. The van der Waals surface area contributed by atoms with Crippen molar-refractivity contribution >= 4 is 11.8 Å². The van der Waals surface area contributed by atoms with Crippen LogP contribution in [0.25, 0.3) is 0 Å². The number of nitrogens with one attached hydrogen (secondary N) is 1. The molecule has 0 aliphatic rings. The van der Waals surface area contributed by atoms with Gasteiger partial charge in [0.2, 0.25) is 0 Å². The van der Waals surface area contributed by atoms with Crippen LogP contribution in [0.4, 0.5) is 0 Å². The molecule has 0 spiro atoms. The number of hydrogen-bond acceptors (Lipinski definition) is 4. The number of carbonyl (C=O) groups is 2. The average Bonchev–Trinajstić information content (AvgIpc) is 2.58. The standard InChI is InChI=1S/C17H18N2O4/c18-17(21)14-8-4-5-9-15(14)23-12-16(20)19-10-11-22-13-6-2-1-3-7-13/h1-9H,10-12H2,(H2,18,21)(H,19,20). The second-order valence-electron chi connectivity index (χ2n) is 4.66. The van der Waals surface area contributed by atoms with Gasteiger partial charge in [0.15, 0.2) is 6.61 Å². The van der Waals surface area contributed by atoms with Gasteiger partial charge in [-0.15, -0.1) is 0 Å². The molecular formula is C17H18N2O4. The topological polar surface area (TPSA) is 90.7 Å². The van der Waals surface area contributed by atoms with Crippen molar-refractivity contribution in [3.8, 4) is 11.5 Å². The fourth-order valence-corrected chi connectivity index (χ4v) is 1.87. The van der Waals surface area contributed by atoms with Gasteiger partial charge >= 0.3 is 0 Å². The molecule has 2 aromatic carbocycles. The zero-order valence-corrected chi connectivity index (χ0v) is 12.5. The first-order valence-corrected chi connectivity index (χ1v) is 7.13. The normalized spacial score (nSPS) is 9.91. The van der Waals surface area contributed by atoms with Gasteiger partial charge < -0.3 is 20.5 Å². The van der Waals surface area contributed by atoms with E-state index in [2.05, 4.69) is 5.32 Å². The van der Waals surface area contributed by atoms with E-state index in [0.717, 1.165) is 5.75 Å². The van der Waals surface area contributed by atoms with Crippen LogP contribution in [0.15, 0.2) is 54.6 Å². The second-order valence-corrected chi connectivity index (χ2v) is 4.66. The van der Waals surface area contributed by atoms with Crippen molar-refractivity contribution in [1.29, 1.82) is 0 Å². The van der Waals surface area contributed by atoms with Crippen molar-refractivity contribution in [2.45, 2.75) is 0 Å². The molecule has 0 aliphatic heterocycles. The molecule has 0 radical (unpaired) electrons. The van der Waals surface area contributed by atoms with Crippen molar-refractivity contribution in [2.24, 2.45) is 5.73 Å². The predicted octanol–water partition coefficient (Wildman–Crippen LogP) is 1.36. The van der Waals surface area contributed by atoms with E-state index in [9.17, 15) is 9.59 Å². The number of hydrogen-bond donors (Lipinski definition) is 2. The highest BCUT2D eigenvalue weighted by Gasteiger charge is 2.10. The fourth-order valence-electron chi connectivity index (χ4n) is 1.87. The molecule has 120 valence electrons. The lowest BCUT2D eigenvalue weighted by Crippen LogP contribution is -2.32. The smallest absolute Gasteiger partial charge is 0.258 e. The number of nitrogens with two attached hydrogens (primary N) is 1. The molecular weight excluding hydrogens is 296 g/mol. The zero-order valence-electron chi connectivity index (χ0n) is 12.5. The summed E-state index contributed by atoms with van der Waals surface area (Å²) < 4.78 is 10.8. The van der Waals surface area contributed by atoms with Crippen molar-refractivity contribution in [2.75, 3.05) is 19.8 Å². The number of carbonyl (C=O) groups excluding carboxylic acids is 2. The molecule has 2 amide bonds. The lowest BCUT2D eigenvalue weighted by atomic mass is 10.2. The number of ether oxygens (including phenoxy) is 2. The summed E-state index contributed by atoms with van der Waals surface area (Å²) in [5.74, 6) is 0.127. The van der Waals surface area contributed by atoms with Crippen LogP contribution in [0.1, 0.15) is 10.4 Å². The van der Waals surface area contributed by atoms with E-state index in [0.29, 0.717) is 13.2 Å². The van der Waals surface area contributed by atoms with Gasteiger partial charge in [0.25, 0.3) is 11.8 Å². The van der Waals surface area contributed by atoms with Gasteiger partial charge in [0, 0.05) is 0 Å². The van der Waals surface area contributed by atoms with Gasteiger partial charge in [-0.1, -0.05) is 30.3 Å². The molecule has 0 fully saturated rings. The Hall–Kier alpha value is -3.02. The second kappa shape index (κ2) is 8.43. The van der Waals surface area contributed by atoms with E-state index in [1.165, 1.54) is 0 Å². The van der Waals surface area contributed by atoms with Gasteiger partial charge in [-0.25, -0.2) is 0 Å². The first-order chi connectivity index (χ1) is 11.2. The Morgan fingerprint density at radius 3 is 2.39 bits per heavy atom.